The van der Waals surface area contributed by atoms with Crippen LogP contribution >= 0.6 is 0 Å². The molecule has 0 aliphatic rings. The monoisotopic (exact) mass is 188 g/mol. The minimum atomic E-state index is -0.745. The van der Waals surface area contributed by atoms with E-state index in [0.29, 0.717) is 5.78 Å². The first-order chi connectivity index (χ1) is 6.08. The number of aliphatic carboxylic acids is 1. The van der Waals surface area contributed by atoms with Crippen LogP contribution in [0, 0.1) is 0 Å². The molecule has 0 rings (SSSR count). The van der Waals surface area contributed by atoms with Gasteiger partial charge in [0.2, 0.25) is 0 Å². The van der Waals surface area contributed by atoms with Crippen LogP contribution in [0.25, 0.3) is 0 Å². The number of carbonyl (C=O) groups is 2. The second-order valence-electron chi connectivity index (χ2n) is 2.79. The van der Waals surface area contributed by atoms with Gasteiger partial charge in [0.05, 0.1) is 0 Å². The number of ketones is 1. The standard InChI is InChI=1S/C7H14O.C3H6O2/c1-3-5-7(8)6-4-2;1-2-3(4)5/h3-6H2,1-2H3;2H2,1H3,(H,4,5). The van der Waals surface area contributed by atoms with Gasteiger partial charge in [-0.05, 0) is 12.8 Å². The van der Waals surface area contributed by atoms with Crippen LogP contribution in [-0.4, -0.2) is 16.9 Å². The highest BCUT2D eigenvalue weighted by atomic mass is 16.4. The molecule has 3 nitrogen and oxygen atoms in total. The molecule has 0 bridgehead atoms. The van der Waals surface area contributed by atoms with E-state index in [4.69, 9.17) is 5.11 Å². The summed E-state index contributed by atoms with van der Waals surface area (Å²) in [7, 11) is 0. The summed E-state index contributed by atoms with van der Waals surface area (Å²) >= 11 is 0. The fourth-order valence-corrected chi connectivity index (χ4v) is 0.683. The molecule has 78 valence electrons. The molecule has 0 aliphatic carbocycles. The predicted octanol–water partition coefficient (Wildman–Crippen LogP) is 2.64. The molecule has 0 aromatic carbocycles. The average Bonchev–Trinajstić information content (AvgIpc) is 2.06. The third-order valence-corrected chi connectivity index (χ3v) is 1.36. The van der Waals surface area contributed by atoms with Crippen molar-refractivity contribution >= 4 is 11.8 Å². The zero-order valence-electron chi connectivity index (χ0n) is 8.80. The Balaban J connectivity index is 0. The maximum absolute atomic E-state index is 10.6. The molecular formula is C10H20O3. The molecular weight excluding hydrogens is 168 g/mol. The Hall–Kier alpha value is -0.860. The van der Waals surface area contributed by atoms with E-state index in [0.717, 1.165) is 25.7 Å². The minimum Gasteiger partial charge on any atom is -0.481 e. The number of carboxylic acid groups (broad SMARTS) is 1. The van der Waals surface area contributed by atoms with Crippen molar-refractivity contribution in [1.82, 2.24) is 0 Å². The quantitative estimate of drug-likeness (QED) is 0.721. The van der Waals surface area contributed by atoms with Crippen molar-refractivity contribution in [1.29, 1.82) is 0 Å². The van der Waals surface area contributed by atoms with Gasteiger partial charge in [0.25, 0.3) is 0 Å². The van der Waals surface area contributed by atoms with Gasteiger partial charge in [-0.2, -0.15) is 0 Å². The van der Waals surface area contributed by atoms with Crippen LogP contribution < -0.4 is 0 Å². The number of carboxylic acids is 1. The topological polar surface area (TPSA) is 54.4 Å². The largest absolute Gasteiger partial charge is 0.481 e. The van der Waals surface area contributed by atoms with Crippen LogP contribution in [0.3, 0.4) is 0 Å². The van der Waals surface area contributed by atoms with Gasteiger partial charge in [-0.25, -0.2) is 0 Å². The predicted molar refractivity (Wildman–Crippen MR) is 52.7 cm³/mol. The highest BCUT2D eigenvalue weighted by Crippen LogP contribution is 1.95. The van der Waals surface area contributed by atoms with E-state index in [1.54, 1.807) is 6.92 Å². The van der Waals surface area contributed by atoms with E-state index in [1.807, 2.05) is 13.8 Å². The minimum absolute atomic E-state index is 0.222. The number of rotatable bonds is 5. The van der Waals surface area contributed by atoms with Crippen LogP contribution in [-0.2, 0) is 9.59 Å². The fraction of sp³-hybridized carbons (Fsp3) is 0.800. The Kier molecular flexibility index (Phi) is 12.6. The normalized spacial score (nSPS) is 8.54. The molecule has 0 fully saturated rings. The molecule has 0 atom stereocenters. The van der Waals surface area contributed by atoms with Gasteiger partial charge in [-0.15, -0.1) is 0 Å². The van der Waals surface area contributed by atoms with Gasteiger partial charge in [0.15, 0.2) is 0 Å². The van der Waals surface area contributed by atoms with E-state index >= 15 is 0 Å². The van der Waals surface area contributed by atoms with Crippen LogP contribution in [0.15, 0.2) is 0 Å². The molecule has 0 aromatic rings. The van der Waals surface area contributed by atoms with Gasteiger partial charge in [-0.3, -0.25) is 9.59 Å². The van der Waals surface area contributed by atoms with Crippen LogP contribution in [0.4, 0.5) is 0 Å². The zero-order valence-corrected chi connectivity index (χ0v) is 8.80. The molecule has 13 heavy (non-hydrogen) atoms. The number of Topliss-reactive ketones (excluding diaryl/α,β-unsaturated/α-hetero) is 1. The third-order valence-electron chi connectivity index (χ3n) is 1.36. The summed E-state index contributed by atoms with van der Waals surface area (Å²) < 4.78 is 0. The first-order valence-corrected chi connectivity index (χ1v) is 4.81. The Bertz CT molecular complexity index is 133. The average molecular weight is 188 g/mol. The summed E-state index contributed by atoms with van der Waals surface area (Å²) in [6, 6.07) is 0. The van der Waals surface area contributed by atoms with Crippen LogP contribution in [0.5, 0.6) is 0 Å². The maximum Gasteiger partial charge on any atom is 0.303 e. The van der Waals surface area contributed by atoms with Gasteiger partial charge >= 0.3 is 5.97 Å². The summed E-state index contributed by atoms with van der Waals surface area (Å²) in [5.74, 6) is -0.333. The third kappa shape index (κ3) is 18.3. The molecule has 0 aromatic heterocycles. The maximum atomic E-state index is 10.6. The van der Waals surface area contributed by atoms with E-state index in [-0.39, 0.29) is 6.42 Å². The molecule has 0 amide bonds. The molecule has 3 heteroatoms. The fourth-order valence-electron chi connectivity index (χ4n) is 0.683. The smallest absolute Gasteiger partial charge is 0.303 e. The lowest BCUT2D eigenvalue weighted by molar-refractivity contribution is -0.136. The lowest BCUT2D eigenvalue weighted by atomic mass is 10.1. The number of carbonyl (C=O) groups excluding carboxylic acids is 1. The first-order valence-electron chi connectivity index (χ1n) is 4.81. The Morgan fingerprint density at radius 1 is 1.00 bits per heavy atom. The van der Waals surface area contributed by atoms with Gasteiger partial charge in [0.1, 0.15) is 5.78 Å². The van der Waals surface area contributed by atoms with E-state index in [9.17, 15) is 9.59 Å². The lowest BCUT2D eigenvalue weighted by Gasteiger charge is -1.91. The lowest BCUT2D eigenvalue weighted by Crippen LogP contribution is -1.93. The summed E-state index contributed by atoms with van der Waals surface area (Å²) in [5.41, 5.74) is 0. The van der Waals surface area contributed by atoms with Gasteiger partial charge in [0, 0.05) is 19.3 Å². The Morgan fingerprint density at radius 2 is 1.31 bits per heavy atom. The van der Waals surface area contributed by atoms with Crippen molar-refractivity contribution in [3.05, 3.63) is 0 Å². The molecule has 0 aliphatic heterocycles. The van der Waals surface area contributed by atoms with Crippen molar-refractivity contribution in [2.24, 2.45) is 0 Å². The summed E-state index contributed by atoms with van der Waals surface area (Å²) in [6.07, 6.45) is 3.76. The zero-order chi connectivity index (χ0) is 10.7. The molecule has 0 unspecified atom stereocenters. The highest BCUT2D eigenvalue weighted by molar-refractivity contribution is 5.78. The summed E-state index contributed by atoms with van der Waals surface area (Å²) in [4.78, 5) is 20.0. The van der Waals surface area contributed by atoms with Crippen molar-refractivity contribution < 1.29 is 14.7 Å². The Labute approximate surface area is 80.1 Å². The number of hydrogen-bond acceptors (Lipinski definition) is 2. The van der Waals surface area contributed by atoms with Crippen molar-refractivity contribution in [3.8, 4) is 0 Å². The second kappa shape index (κ2) is 11.1. The highest BCUT2D eigenvalue weighted by Gasteiger charge is 1.94. The molecule has 0 heterocycles. The molecule has 0 spiro atoms. The van der Waals surface area contributed by atoms with Crippen molar-refractivity contribution in [2.75, 3.05) is 0 Å². The van der Waals surface area contributed by atoms with Gasteiger partial charge in [-0.1, -0.05) is 20.8 Å². The molecule has 0 radical (unpaired) electrons. The second-order valence-corrected chi connectivity index (χ2v) is 2.79. The summed E-state index contributed by atoms with van der Waals surface area (Å²) in [5, 5.41) is 7.72. The summed E-state index contributed by atoms with van der Waals surface area (Å²) in [6.45, 7) is 5.67. The van der Waals surface area contributed by atoms with Crippen LogP contribution in [0.2, 0.25) is 0 Å². The van der Waals surface area contributed by atoms with Gasteiger partial charge < -0.3 is 5.11 Å². The molecule has 0 saturated carbocycles. The molecule has 0 saturated heterocycles. The SMILES string of the molecule is CCC(=O)O.CCCC(=O)CCC. The van der Waals surface area contributed by atoms with E-state index in [1.165, 1.54) is 0 Å². The molecule has 1 N–H and O–H groups in total. The van der Waals surface area contributed by atoms with E-state index < -0.39 is 5.97 Å². The Morgan fingerprint density at radius 3 is 1.46 bits per heavy atom. The van der Waals surface area contributed by atoms with E-state index in [2.05, 4.69) is 0 Å². The van der Waals surface area contributed by atoms with Crippen LogP contribution in [0.1, 0.15) is 52.9 Å². The number of hydrogen-bond donors (Lipinski definition) is 1. The first kappa shape index (κ1) is 14.7. The van der Waals surface area contributed by atoms with Crippen molar-refractivity contribution in [2.45, 2.75) is 52.9 Å². The van der Waals surface area contributed by atoms with Crippen molar-refractivity contribution in [3.63, 3.8) is 0 Å².